The topological polar surface area (TPSA) is 116 Å². The number of nitrogens with zero attached hydrogens (tertiary/aromatic N) is 1. The monoisotopic (exact) mass is 258 g/mol. The van der Waals surface area contributed by atoms with Crippen molar-refractivity contribution in [3.05, 3.63) is 29.8 Å². The molecule has 0 fully saturated rings. The lowest BCUT2D eigenvalue weighted by Crippen LogP contribution is -2.15. The minimum atomic E-state index is -3.45. The Bertz CT molecular complexity index is 565. The first kappa shape index (κ1) is 13.0. The Hall–Kier alpha value is -2.09. The summed E-state index contributed by atoms with van der Waals surface area (Å²) < 4.78 is 24.1. The van der Waals surface area contributed by atoms with Gasteiger partial charge in [0.2, 0.25) is 10.0 Å². The van der Waals surface area contributed by atoms with Crippen LogP contribution in [0.4, 0.5) is 5.69 Å². The predicted octanol–water partition coefficient (Wildman–Crippen LogP) is 0.321. The van der Waals surface area contributed by atoms with E-state index in [1.165, 1.54) is 24.3 Å². The van der Waals surface area contributed by atoms with Gasteiger partial charge >= 0.3 is 5.97 Å². The first-order valence-corrected chi connectivity index (χ1v) is 6.26. The average molecular weight is 258 g/mol. The Morgan fingerprint density at radius 1 is 1.41 bits per heavy atom. The number of oxime groups is 1. The molecular formula is C9H10N2O5S. The van der Waals surface area contributed by atoms with Gasteiger partial charge in [-0.2, -0.15) is 0 Å². The van der Waals surface area contributed by atoms with Gasteiger partial charge in [0.15, 0.2) is 5.71 Å². The number of carboxylic acids is 1. The number of hydrogen-bond donors (Lipinski definition) is 3. The smallest absolute Gasteiger partial charge is 0.358 e. The van der Waals surface area contributed by atoms with E-state index in [4.69, 9.17) is 10.3 Å². The molecule has 0 aliphatic heterocycles. The maximum Gasteiger partial charge on any atom is 0.358 e. The van der Waals surface area contributed by atoms with Crippen molar-refractivity contribution in [2.24, 2.45) is 5.16 Å². The maximum atomic E-state index is 11.0. The van der Waals surface area contributed by atoms with Crippen LogP contribution in [0.1, 0.15) is 5.56 Å². The van der Waals surface area contributed by atoms with Gasteiger partial charge in [0.05, 0.1) is 6.26 Å². The first-order chi connectivity index (χ1) is 7.83. The van der Waals surface area contributed by atoms with Crippen LogP contribution in [-0.2, 0) is 14.8 Å². The molecule has 0 heterocycles. The van der Waals surface area contributed by atoms with E-state index in [0.717, 1.165) is 6.26 Å². The van der Waals surface area contributed by atoms with Crippen molar-refractivity contribution < 1.29 is 23.5 Å². The molecule has 0 saturated heterocycles. The molecule has 0 aliphatic carbocycles. The zero-order valence-corrected chi connectivity index (χ0v) is 9.60. The average Bonchev–Trinajstić information content (AvgIpc) is 2.15. The van der Waals surface area contributed by atoms with E-state index in [1.54, 1.807) is 0 Å². The molecule has 0 saturated carbocycles. The molecule has 0 unspecified atom stereocenters. The van der Waals surface area contributed by atoms with Crippen LogP contribution < -0.4 is 4.72 Å². The molecule has 0 amide bonds. The summed E-state index contributed by atoms with van der Waals surface area (Å²) in [7, 11) is -3.45. The number of nitrogens with one attached hydrogen (secondary N) is 1. The van der Waals surface area contributed by atoms with Crippen molar-refractivity contribution in [2.45, 2.75) is 0 Å². The quantitative estimate of drug-likeness (QED) is 0.408. The number of benzene rings is 1. The highest BCUT2D eigenvalue weighted by atomic mass is 32.2. The zero-order chi connectivity index (χ0) is 13.1. The van der Waals surface area contributed by atoms with E-state index >= 15 is 0 Å². The fraction of sp³-hybridized carbons (Fsp3) is 0.111. The highest BCUT2D eigenvalue weighted by Gasteiger charge is 2.14. The van der Waals surface area contributed by atoms with E-state index < -0.39 is 21.7 Å². The van der Waals surface area contributed by atoms with E-state index in [-0.39, 0.29) is 11.3 Å². The van der Waals surface area contributed by atoms with Gasteiger partial charge in [0, 0.05) is 11.3 Å². The second kappa shape index (κ2) is 4.83. The number of rotatable bonds is 4. The zero-order valence-electron chi connectivity index (χ0n) is 8.78. The minimum absolute atomic E-state index is 0.0913. The predicted molar refractivity (Wildman–Crippen MR) is 60.9 cm³/mol. The fourth-order valence-corrected chi connectivity index (χ4v) is 1.72. The minimum Gasteiger partial charge on any atom is -0.476 e. The lowest BCUT2D eigenvalue weighted by Gasteiger charge is -2.05. The second-order valence-corrected chi connectivity index (χ2v) is 4.96. The summed E-state index contributed by atoms with van der Waals surface area (Å²) in [6.07, 6.45) is 0.970. The molecule has 0 atom stereocenters. The summed E-state index contributed by atoms with van der Waals surface area (Å²) in [5, 5.41) is 19.9. The van der Waals surface area contributed by atoms with Crippen LogP contribution in [0.15, 0.2) is 29.4 Å². The van der Waals surface area contributed by atoms with E-state index in [2.05, 4.69) is 9.88 Å². The number of sulfonamides is 1. The molecule has 1 aromatic rings. The van der Waals surface area contributed by atoms with Crippen molar-refractivity contribution in [2.75, 3.05) is 11.0 Å². The summed E-state index contributed by atoms with van der Waals surface area (Å²) in [5.41, 5.74) is -0.289. The number of hydrogen-bond acceptors (Lipinski definition) is 5. The van der Waals surface area contributed by atoms with E-state index in [0.29, 0.717) is 0 Å². The lowest BCUT2D eigenvalue weighted by molar-refractivity contribution is -0.129. The van der Waals surface area contributed by atoms with Gasteiger partial charge in [0.1, 0.15) is 0 Å². The summed E-state index contributed by atoms with van der Waals surface area (Å²) in [4.78, 5) is 10.7. The summed E-state index contributed by atoms with van der Waals surface area (Å²) in [5.74, 6) is -1.41. The van der Waals surface area contributed by atoms with Gasteiger partial charge in [-0.15, -0.1) is 0 Å². The first-order valence-electron chi connectivity index (χ1n) is 4.37. The summed E-state index contributed by atoms with van der Waals surface area (Å²) in [6.45, 7) is 0. The van der Waals surface area contributed by atoms with Gasteiger partial charge in [-0.25, -0.2) is 13.2 Å². The Kier molecular flexibility index (Phi) is 3.69. The molecule has 7 nitrogen and oxygen atoms in total. The molecule has 1 rings (SSSR count). The molecular weight excluding hydrogens is 248 g/mol. The maximum absolute atomic E-state index is 11.0. The molecule has 8 heteroatoms. The molecule has 0 aromatic heterocycles. The highest BCUT2D eigenvalue weighted by molar-refractivity contribution is 7.92. The van der Waals surface area contributed by atoms with E-state index in [9.17, 15) is 13.2 Å². The van der Waals surface area contributed by atoms with Crippen molar-refractivity contribution in [3.8, 4) is 0 Å². The second-order valence-electron chi connectivity index (χ2n) is 3.21. The van der Waals surface area contributed by atoms with Gasteiger partial charge < -0.3 is 10.3 Å². The van der Waals surface area contributed by atoms with Crippen LogP contribution in [0.3, 0.4) is 0 Å². The standard InChI is InChI=1S/C9H10N2O5S/c1-17(15,16)11-7-4-2-3-6(5-7)8(10-14)9(12)13/h2-5,11,14H,1H3,(H,12,13). The number of carboxylic acid groups (broad SMARTS) is 1. The van der Waals surface area contributed by atoms with Crippen LogP contribution in [0, 0.1) is 0 Å². The van der Waals surface area contributed by atoms with Crippen molar-refractivity contribution in [3.63, 3.8) is 0 Å². The SMILES string of the molecule is CS(=O)(=O)Nc1cccc(C(=NO)C(=O)O)c1. The Labute approximate surface area is 97.4 Å². The van der Waals surface area contributed by atoms with Crippen LogP contribution in [0.5, 0.6) is 0 Å². The van der Waals surface area contributed by atoms with E-state index in [1.807, 2.05) is 0 Å². The highest BCUT2D eigenvalue weighted by Crippen LogP contribution is 2.13. The van der Waals surface area contributed by atoms with Gasteiger partial charge in [-0.3, -0.25) is 4.72 Å². The van der Waals surface area contributed by atoms with Gasteiger partial charge in [0.25, 0.3) is 0 Å². The Morgan fingerprint density at radius 2 is 2.06 bits per heavy atom. The molecule has 1 aromatic carbocycles. The number of anilines is 1. The van der Waals surface area contributed by atoms with Crippen molar-refractivity contribution in [1.82, 2.24) is 0 Å². The largest absolute Gasteiger partial charge is 0.476 e. The molecule has 0 radical (unpaired) electrons. The number of aliphatic carboxylic acids is 1. The molecule has 92 valence electrons. The van der Waals surface area contributed by atoms with Crippen LogP contribution >= 0.6 is 0 Å². The van der Waals surface area contributed by atoms with Crippen LogP contribution in [-0.4, -0.2) is 36.7 Å². The summed E-state index contributed by atoms with van der Waals surface area (Å²) >= 11 is 0. The Balaban J connectivity index is 3.14. The van der Waals surface area contributed by atoms with Gasteiger partial charge in [-0.1, -0.05) is 17.3 Å². The third kappa shape index (κ3) is 3.76. The molecule has 0 spiro atoms. The summed E-state index contributed by atoms with van der Waals surface area (Å²) in [6, 6.07) is 5.53. The fourth-order valence-electron chi connectivity index (χ4n) is 1.17. The molecule has 0 bridgehead atoms. The number of carbonyl (C=O) groups is 1. The lowest BCUT2D eigenvalue weighted by atomic mass is 10.1. The van der Waals surface area contributed by atoms with Crippen LogP contribution in [0.25, 0.3) is 0 Å². The van der Waals surface area contributed by atoms with Gasteiger partial charge in [-0.05, 0) is 12.1 Å². The normalized spacial score (nSPS) is 12.2. The molecule has 3 N–H and O–H groups in total. The third-order valence-corrected chi connectivity index (χ3v) is 2.35. The molecule has 0 aliphatic rings. The van der Waals surface area contributed by atoms with Crippen molar-refractivity contribution in [1.29, 1.82) is 0 Å². The van der Waals surface area contributed by atoms with Crippen molar-refractivity contribution >= 4 is 27.4 Å². The third-order valence-electron chi connectivity index (χ3n) is 1.74. The van der Waals surface area contributed by atoms with Crippen LogP contribution in [0.2, 0.25) is 0 Å². The molecule has 17 heavy (non-hydrogen) atoms. The Morgan fingerprint density at radius 3 is 2.53 bits per heavy atom.